The minimum absolute atomic E-state index is 0.214. The summed E-state index contributed by atoms with van der Waals surface area (Å²) in [7, 11) is -2.23. The summed E-state index contributed by atoms with van der Waals surface area (Å²) in [4.78, 5) is 17.8. The topological polar surface area (TPSA) is 81.0 Å². The Morgan fingerprint density at radius 2 is 2.13 bits per heavy atom. The average molecular weight is 484 g/mol. The molecule has 3 aromatic rings. The van der Waals surface area contributed by atoms with Crippen LogP contribution in [0, 0.1) is 5.82 Å². The third kappa shape index (κ3) is 4.37. The number of para-hydroxylation sites is 1. The predicted molar refractivity (Wildman–Crippen MR) is 118 cm³/mol. The van der Waals surface area contributed by atoms with Crippen molar-refractivity contribution in [2.24, 2.45) is 4.99 Å². The lowest BCUT2D eigenvalue weighted by molar-refractivity contribution is -0.122. The van der Waals surface area contributed by atoms with Gasteiger partial charge in [-0.3, -0.25) is 4.79 Å². The molecule has 1 aromatic carbocycles. The summed E-state index contributed by atoms with van der Waals surface area (Å²) in [6.07, 6.45) is 1.84. The summed E-state index contributed by atoms with van der Waals surface area (Å²) in [6, 6.07) is 7.08. The Balaban J connectivity index is 1.75. The molecule has 11 heteroatoms. The van der Waals surface area contributed by atoms with Crippen LogP contribution in [0.15, 0.2) is 44.9 Å². The lowest BCUT2D eigenvalue weighted by Crippen LogP contribution is -2.47. The Morgan fingerprint density at radius 3 is 2.87 bits per heavy atom. The molecule has 1 amide bonds. The number of methoxy groups -OCH3 is 1. The maximum atomic E-state index is 14.5. The normalized spacial score (nSPS) is 18.6. The predicted octanol–water partition coefficient (Wildman–Crippen LogP) is 3.22. The molecule has 0 aliphatic carbocycles. The molecule has 0 spiro atoms. The van der Waals surface area contributed by atoms with Gasteiger partial charge in [-0.05, 0) is 36.4 Å². The number of hydrogen-bond donors (Lipinski definition) is 0. The van der Waals surface area contributed by atoms with Crippen LogP contribution < -0.4 is 4.80 Å². The molecule has 1 aliphatic heterocycles. The molecule has 1 saturated heterocycles. The fourth-order valence-corrected chi connectivity index (χ4v) is 7.54. The fourth-order valence-electron chi connectivity index (χ4n) is 3.70. The molecule has 0 N–H and O–H groups in total. The van der Waals surface area contributed by atoms with Crippen LogP contribution in [0.1, 0.15) is 19.3 Å². The second-order valence-corrected chi connectivity index (χ2v) is 11.2. The number of aromatic nitrogens is 1. The van der Waals surface area contributed by atoms with Crippen LogP contribution in [0.4, 0.5) is 4.39 Å². The highest BCUT2D eigenvalue weighted by Crippen LogP contribution is 2.28. The van der Waals surface area contributed by atoms with Crippen LogP contribution in [-0.2, 0) is 26.1 Å². The Hall–Kier alpha value is -1.92. The van der Waals surface area contributed by atoms with Crippen molar-refractivity contribution >= 4 is 48.8 Å². The number of carbonyl (C=O) groups excluding carboxylic acids is 1. The van der Waals surface area contributed by atoms with E-state index in [2.05, 4.69) is 4.99 Å². The van der Waals surface area contributed by atoms with Gasteiger partial charge in [0.25, 0.3) is 15.9 Å². The number of amides is 1. The molecule has 1 fully saturated rings. The van der Waals surface area contributed by atoms with E-state index >= 15 is 0 Å². The standard InChI is InChI=1S/C20H22FN3O4S3/c1-28-12-11-23-18-14(21)6-4-8-16(18)30-20(23)22-19(25)15-7-2-3-10-24(15)31(26,27)17-9-5-13-29-17/h4-6,8-9,13,15H,2-3,7,10-12H2,1H3. The lowest BCUT2D eigenvalue weighted by atomic mass is 10.0. The van der Waals surface area contributed by atoms with E-state index in [4.69, 9.17) is 4.74 Å². The molecule has 0 saturated carbocycles. The molecule has 31 heavy (non-hydrogen) atoms. The van der Waals surface area contributed by atoms with Crippen molar-refractivity contribution < 1.29 is 22.3 Å². The summed E-state index contributed by atoms with van der Waals surface area (Å²) in [5.41, 5.74) is 0.364. The van der Waals surface area contributed by atoms with Gasteiger partial charge in [-0.1, -0.05) is 29.9 Å². The Kier molecular flexibility index (Phi) is 6.68. The van der Waals surface area contributed by atoms with E-state index in [9.17, 15) is 17.6 Å². The maximum absolute atomic E-state index is 14.5. The summed E-state index contributed by atoms with van der Waals surface area (Å²) in [6.45, 7) is 0.923. The van der Waals surface area contributed by atoms with Gasteiger partial charge in [0.1, 0.15) is 16.1 Å². The van der Waals surface area contributed by atoms with Gasteiger partial charge in [-0.2, -0.15) is 9.30 Å². The minimum atomic E-state index is -3.77. The van der Waals surface area contributed by atoms with Crippen LogP contribution in [0.25, 0.3) is 10.2 Å². The first kappa shape index (κ1) is 22.3. The van der Waals surface area contributed by atoms with Crippen molar-refractivity contribution in [3.8, 4) is 0 Å². The van der Waals surface area contributed by atoms with Gasteiger partial charge in [-0.15, -0.1) is 11.3 Å². The second kappa shape index (κ2) is 9.29. The monoisotopic (exact) mass is 483 g/mol. The number of sulfonamides is 1. The van der Waals surface area contributed by atoms with Gasteiger partial charge in [0.15, 0.2) is 4.80 Å². The number of thiazole rings is 1. The minimum Gasteiger partial charge on any atom is -0.383 e. The molecule has 0 radical (unpaired) electrons. The van der Waals surface area contributed by atoms with Crippen LogP contribution in [0.3, 0.4) is 0 Å². The lowest BCUT2D eigenvalue weighted by Gasteiger charge is -2.31. The molecular formula is C20H22FN3O4S3. The first-order chi connectivity index (χ1) is 14.9. The Morgan fingerprint density at radius 1 is 1.29 bits per heavy atom. The molecule has 166 valence electrons. The van der Waals surface area contributed by atoms with E-state index < -0.39 is 27.8 Å². The van der Waals surface area contributed by atoms with Crippen LogP contribution in [0.2, 0.25) is 0 Å². The number of rotatable bonds is 6. The molecule has 2 aromatic heterocycles. The van der Waals surface area contributed by atoms with Crippen molar-refractivity contribution in [1.82, 2.24) is 8.87 Å². The zero-order valence-electron chi connectivity index (χ0n) is 16.9. The molecule has 1 aliphatic rings. The van der Waals surface area contributed by atoms with E-state index in [1.807, 2.05) is 0 Å². The number of nitrogens with zero attached hydrogens (tertiary/aromatic N) is 3. The van der Waals surface area contributed by atoms with Crippen molar-refractivity contribution in [1.29, 1.82) is 0 Å². The highest BCUT2D eigenvalue weighted by atomic mass is 32.2. The Bertz CT molecular complexity index is 1250. The largest absolute Gasteiger partial charge is 0.383 e. The highest BCUT2D eigenvalue weighted by Gasteiger charge is 2.38. The van der Waals surface area contributed by atoms with Crippen molar-refractivity contribution in [2.45, 2.75) is 36.1 Å². The van der Waals surface area contributed by atoms with Gasteiger partial charge in [-0.25, -0.2) is 12.8 Å². The van der Waals surface area contributed by atoms with Gasteiger partial charge in [0.05, 0.1) is 16.8 Å². The number of hydrogen-bond acceptors (Lipinski definition) is 6. The summed E-state index contributed by atoms with van der Waals surface area (Å²) < 4.78 is 49.5. The fraction of sp³-hybridized carbons (Fsp3) is 0.400. The van der Waals surface area contributed by atoms with E-state index in [0.717, 1.165) is 17.8 Å². The van der Waals surface area contributed by atoms with Gasteiger partial charge in [0, 0.05) is 20.2 Å². The number of piperidine rings is 1. The van der Waals surface area contributed by atoms with Crippen LogP contribution >= 0.6 is 22.7 Å². The number of ether oxygens (including phenoxy) is 1. The third-order valence-corrected chi connectivity index (χ3v) is 9.50. The first-order valence-corrected chi connectivity index (χ1v) is 13.0. The van der Waals surface area contributed by atoms with Crippen molar-refractivity contribution in [2.75, 3.05) is 20.3 Å². The maximum Gasteiger partial charge on any atom is 0.266 e. The quantitative estimate of drug-likeness (QED) is 0.539. The molecule has 0 bridgehead atoms. The SMILES string of the molecule is COCCn1c(=NC(=O)C2CCCCN2S(=O)(=O)c2cccs2)sc2cccc(F)c21. The third-order valence-electron chi connectivity index (χ3n) is 5.17. The summed E-state index contributed by atoms with van der Waals surface area (Å²) >= 11 is 2.33. The van der Waals surface area contributed by atoms with Crippen molar-refractivity contribution in [3.05, 3.63) is 46.3 Å². The number of thiophene rings is 1. The Labute approximate surface area is 187 Å². The van der Waals surface area contributed by atoms with E-state index in [1.165, 1.54) is 21.7 Å². The molecule has 3 heterocycles. The van der Waals surface area contributed by atoms with Gasteiger partial charge >= 0.3 is 0 Å². The highest BCUT2D eigenvalue weighted by molar-refractivity contribution is 7.91. The number of fused-ring (bicyclic) bond motifs is 1. The smallest absolute Gasteiger partial charge is 0.266 e. The number of carbonyl (C=O) groups is 1. The first-order valence-electron chi connectivity index (χ1n) is 9.84. The summed E-state index contributed by atoms with van der Waals surface area (Å²) in [5.74, 6) is -0.934. The number of halogens is 1. The van der Waals surface area contributed by atoms with Gasteiger partial charge in [0.2, 0.25) is 0 Å². The van der Waals surface area contributed by atoms with Crippen LogP contribution in [-0.4, -0.2) is 49.5 Å². The molecular weight excluding hydrogens is 461 g/mol. The van der Waals surface area contributed by atoms with Crippen molar-refractivity contribution in [3.63, 3.8) is 0 Å². The summed E-state index contributed by atoms with van der Waals surface area (Å²) in [5, 5.41) is 1.70. The van der Waals surface area contributed by atoms with Crippen LogP contribution in [0.5, 0.6) is 0 Å². The average Bonchev–Trinajstić information content (AvgIpc) is 3.41. The zero-order valence-corrected chi connectivity index (χ0v) is 19.3. The molecule has 1 atom stereocenters. The molecule has 7 nitrogen and oxygen atoms in total. The molecule has 4 rings (SSSR count). The zero-order chi connectivity index (χ0) is 22.0. The van der Waals surface area contributed by atoms with E-state index in [1.54, 1.807) is 41.3 Å². The van der Waals surface area contributed by atoms with E-state index in [0.29, 0.717) is 41.0 Å². The number of benzene rings is 1. The second-order valence-electron chi connectivity index (χ2n) is 7.13. The van der Waals surface area contributed by atoms with E-state index in [-0.39, 0.29) is 10.8 Å². The van der Waals surface area contributed by atoms with Gasteiger partial charge < -0.3 is 9.30 Å². The molecule has 1 unspecified atom stereocenters.